The molecule has 0 radical (unpaired) electrons. The third kappa shape index (κ3) is 3.77. The smallest absolute Gasteiger partial charge is 0.295 e. The quantitative estimate of drug-likeness (QED) is 0.350. The molecule has 9 heteroatoms. The van der Waals surface area contributed by atoms with E-state index >= 15 is 0 Å². The van der Waals surface area contributed by atoms with E-state index in [-0.39, 0.29) is 16.8 Å². The van der Waals surface area contributed by atoms with Gasteiger partial charge in [-0.25, -0.2) is 14.0 Å². The molecule has 0 bridgehead atoms. The molecule has 0 atom stereocenters. The van der Waals surface area contributed by atoms with Gasteiger partial charge >= 0.3 is 5.91 Å². The summed E-state index contributed by atoms with van der Waals surface area (Å²) in [7, 11) is 0. The summed E-state index contributed by atoms with van der Waals surface area (Å²) in [4.78, 5) is 42.0. The minimum atomic E-state index is -0.647. The van der Waals surface area contributed by atoms with Gasteiger partial charge in [0.15, 0.2) is 12.4 Å². The van der Waals surface area contributed by atoms with Crippen LogP contribution in [0.5, 0.6) is 0 Å². The number of carbonyl (C=O) groups excluding carboxylic acids is 2. The van der Waals surface area contributed by atoms with Crippen LogP contribution in [0.3, 0.4) is 0 Å². The lowest BCUT2D eigenvalue weighted by Crippen LogP contribution is -2.39. The molecule has 0 unspecified atom stereocenters. The number of aromatic amines is 1. The number of imide groups is 1. The third-order valence-electron chi connectivity index (χ3n) is 5.74. The molecule has 2 aromatic carbocycles. The summed E-state index contributed by atoms with van der Waals surface area (Å²) >= 11 is 6.13. The maximum atomic E-state index is 13.8. The number of nitrogens with zero attached hydrogens (tertiary/aromatic N) is 3. The number of hydrogen-bond donors (Lipinski definition) is 1. The molecule has 0 spiro atoms. The Hall–Kier alpha value is -4.30. The van der Waals surface area contributed by atoms with Gasteiger partial charge in [-0.1, -0.05) is 17.7 Å². The van der Waals surface area contributed by atoms with Gasteiger partial charge in [-0.15, -0.1) is 0 Å². The number of nitrogens with one attached hydrogen (secondary N) is 1. The van der Waals surface area contributed by atoms with Crippen molar-refractivity contribution in [2.75, 3.05) is 4.90 Å². The van der Waals surface area contributed by atoms with Crippen molar-refractivity contribution in [2.45, 2.75) is 13.8 Å². The summed E-state index contributed by atoms with van der Waals surface area (Å²) in [6.45, 7) is 3.50. The van der Waals surface area contributed by atoms with Crippen molar-refractivity contribution in [1.29, 1.82) is 0 Å². The summed E-state index contributed by atoms with van der Waals surface area (Å²) in [5.74, 6) is -1.68. The van der Waals surface area contributed by atoms with E-state index in [0.29, 0.717) is 22.1 Å². The van der Waals surface area contributed by atoms with Gasteiger partial charge in [-0.05, 0) is 62.4 Å². The highest BCUT2D eigenvalue weighted by Crippen LogP contribution is 2.34. The number of halogens is 2. The molecule has 0 saturated heterocycles. The topological polar surface area (TPSA) is 79.1 Å². The van der Waals surface area contributed by atoms with Crippen LogP contribution in [0.1, 0.15) is 16.8 Å². The molecule has 1 aliphatic rings. The fourth-order valence-electron chi connectivity index (χ4n) is 4.18. The maximum Gasteiger partial charge on any atom is 0.331 e. The number of aryl methyl sites for hydroxylation is 2. The molecular formula is C26H19ClFN4O3+. The lowest BCUT2D eigenvalue weighted by Gasteiger charge is -2.14. The monoisotopic (exact) mass is 489 g/mol. The van der Waals surface area contributed by atoms with Crippen LogP contribution >= 0.6 is 11.6 Å². The van der Waals surface area contributed by atoms with Crippen molar-refractivity contribution < 1.29 is 18.5 Å². The number of aromatic nitrogens is 3. The van der Waals surface area contributed by atoms with E-state index in [1.54, 1.807) is 48.1 Å². The molecule has 5 rings (SSSR count). The lowest BCUT2D eigenvalue weighted by molar-refractivity contribution is -0.577. The van der Waals surface area contributed by atoms with Gasteiger partial charge in [0.1, 0.15) is 11.4 Å². The van der Waals surface area contributed by atoms with Crippen molar-refractivity contribution in [3.05, 3.63) is 111 Å². The lowest BCUT2D eigenvalue weighted by atomic mass is 10.1. The average Bonchev–Trinajstić information content (AvgIpc) is 3.25. The van der Waals surface area contributed by atoms with Gasteiger partial charge in [0.25, 0.3) is 17.2 Å². The Morgan fingerprint density at radius 3 is 2.34 bits per heavy atom. The fourth-order valence-corrected chi connectivity index (χ4v) is 4.36. The van der Waals surface area contributed by atoms with Gasteiger partial charge in [-0.3, -0.25) is 19.5 Å². The molecule has 4 aromatic rings. The zero-order valence-corrected chi connectivity index (χ0v) is 19.5. The van der Waals surface area contributed by atoms with E-state index in [1.165, 1.54) is 35.0 Å². The van der Waals surface area contributed by atoms with E-state index in [9.17, 15) is 18.8 Å². The number of amides is 2. The van der Waals surface area contributed by atoms with E-state index in [1.807, 2.05) is 13.0 Å². The molecule has 0 aliphatic carbocycles. The van der Waals surface area contributed by atoms with Crippen LogP contribution in [0, 0.1) is 19.7 Å². The second-order valence-electron chi connectivity index (χ2n) is 8.17. The molecule has 2 aromatic heterocycles. The summed E-state index contributed by atoms with van der Waals surface area (Å²) in [5, 5.41) is 3.30. The van der Waals surface area contributed by atoms with Crippen molar-refractivity contribution in [1.82, 2.24) is 9.78 Å². The van der Waals surface area contributed by atoms with Crippen molar-refractivity contribution in [2.24, 2.45) is 0 Å². The summed E-state index contributed by atoms with van der Waals surface area (Å²) < 4.78 is 16.2. The summed E-state index contributed by atoms with van der Waals surface area (Å²) in [6, 6.07) is 15.4. The van der Waals surface area contributed by atoms with E-state index in [4.69, 9.17) is 11.6 Å². The van der Waals surface area contributed by atoms with Gasteiger partial charge in [0.05, 0.1) is 16.9 Å². The standard InChI is InChI=1S/C26H18ClFN4O3/c1-15-5-4-12-30(14-15)23-22(24(33)31(26(23)35)20-7-3-6-17(27)13-20)21-16(2)29-32(25(21)34)19-10-8-18(28)9-11-19/h3-14H,1-2H3/p+1. The van der Waals surface area contributed by atoms with Crippen LogP contribution < -0.4 is 15.0 Å². The van der Waals surface area contributed by atoms with E-state index in [2.05, 4.69) is 5.10 Å². The Morgan fingerprint density at radius 1 is 0.914 bits per heavy atom. The first-order valence-electron chi connectivity index (χ1n) is 10.7. The largest absolute Gasteiger partial charge is 0.331 e. The molecule has 35 heavy (non-hydrogen) atoms. The van der Waals surface area contributed by atoms with Crippen LogP contribution in [-0.4, -0.2) is 21.6 Å². The highest BCUT2D eigenvalue weighted by molar-refractivity contribution is 6.53. The SMILES string of the molecule is Cc1ccc[n+](C2=C(c3c(C)[nH]n(-c4ccc(F)cc4)c3=O)C(=O)N(c3cccc(Cl)c3)C2=O)c1. The van der Waals surface area contributed by atoms with Crippen LogP contribution in [0.15, 0.2) is 77.9 Å². The molecule has 0 fully saturated rings. The predicted octanol–water partition coefficient (Wildman–Crippen LogP) is 3.80. The Morgan fingerprint density at radius 2 is 1.66 bits per heavy atom. The molecule has 0 saturated carbocycles. The van der Waals surface area contributed by atoms with E-state index < -0.39 is 23.2 Å². The number of benzene rings is 2. The molecule has 7 nitrogen and oxygen atoms in total. The maximum absolute atomic E-state index is 13.8. The minimum Gasteiger partial charge on any atom is -0.295 e. The fraction of sp³-hybridized carbons (Fsp3) is 0.0769. The van der Waals surface area contributed by atoms with Crippen LogP contribution in [0.2, 0.25) is 5.02 Å². The highest BCUT2D eigenvalue weighted by atomic mass is 35.5. The molecule has 1 aliphatic heterocycles. The average molecular weight is 490 g/mol. The predicted molar refractivity (Wildman–Crippen MR) is 130 cm³/mol. The Labute approximate surface area is 204 Å². The normalized spacial score (nSPS) is 13.8. The van der Waals surface area contributed by atoms with Gasteiger partial charge in [0, 0.05) is 22.3 Å². The van der Waals surface area contributed by atoms with Crippen molar-refractivity contribution in [3.8, 4) is 5.69 Å². The van der Waals surface area contributed by atoms with E-state index in [0.717, 1.165) is 10.5 Å². The summed E-state index contributed by atoms with van der Waals surface area (Å²) in [5.41, 5.74) is 1.45. The number of H-pyrrole nitrogens is 1. The van der Waals surface area contributed by atoms with Gasteiger partial charge < -0.3 is 0 Å². The molecule has 2 amide bonds. The zero-order chi connectivity index (χ0) is 24.9. The van der Waals surface area contributed by atoms with Crippen LogP contribution in [0.25, 0.3) is 17.0 Å². The van der Waals surface area contributed by atoms with Crippen molar-refractivity contribution in [3.63, 3.8) is 0 Å². The minimum absolute atomic E-state index is 0.0369. The first kappa shape index (κ1) is 22.5. The number of hydrogen-bond acceptors (Lipinski definition) is 3. The molecule has 1 N–H and O–H groups in total. The Balaban J connectivity index is 1.76. The van der Waals surface area contributed by atoms with Crippen LogP contribution in [-0.2, 0) is 9.59 Å². The molecule has 3 heterocycles. The molecule has 174 valence electrons. The summed E-state index contributed by atoms with van der Waals surface area (Å²) in [6.07, 6.45) is 3.36. The molecular weight excluding hydrogens is 471 g/mol. The third-order valence-corrected chi connectivity index (χ3v) is 5.97. The second kappa shape index (κ2) is 8.48. The number of pyridine rings is 1. The van der Waals surface area contributed by atoms with Crippen LogP contribution in [0.4, 0.5) is 10.1 Å². The number of anilines is 1. The van der Waals surface area contributed by atoms with Gasteiger partial charge in [0.2, 0.25) is 0 Å². The first-order chi connectivity index (χ1) is 16.8. The first-order valence-corrected chi connectivity index (χ1v) is 11.1. The Kier molecular flexibility index (Phi) is 5.45. The Bertz CT molecular complexity index is 1600. The van der Waals surface area contributed by atoms with Gasteiger partial charge in [-0.2, -0.15) is 4.57 Å². The number of rotatable bonds is 4. The number of carbonyl (C=O) groups is 2. The second-order valence-corrected chi connectivity index (χ2v) is 8.60. The zero-order valence-electron chi connectivity index (χ0n) is 18.8. The highest BCUT2D eigenvalue weighted by Gasteiger charge is 2.48. The van der Waals surface area contributed by atoms with Crippen molar-refractivity contribution >= 4 is 40.4 Å².